The highest BCUT2D eigenvalue weighted by molar-refractivity contribution is 9.10. The second-order valence-corrected chi connectivity index (χ2v) is 4.56. The zero-order valence-electron chi connectivity index (χ0n) is 9.54. The fraction of sp³-hybridized carbons (Fsp3) is 0.462. The molecule has 0 radical (unpaired) electrons. The van der Waals surface area contributed by atoms with Crippen molar-refractivity contribution in [2.75, 3.05) is 13.2 Å². The fourth-order valence-electron chi connectivity index (χ4n) is 1.48. The monoisotopic (exact) mass is 284 g/mol. The number of hydrogen-bond donors (Lipinski definition) is 0. The van der Waals surface area contributed by atoms with Gasteiger partial charge in [0.05, 0.1) is 0 Å². The van der Waals surface area contributed by atoms with Gasteiger partial charge in [-0.25, -0.2) is 0 Å². The number of hydrogen-bond acceptors (Lipinski definition) is 2. The molecule has 0 atom stereocenters. The maximum Gasteiger partial charge on any atom is 0.137 e. The van der Waals surface area contributed by atoms with E-state index >= 15 is 0 Å². The van der Waals surface area contributed by atoms with Crippen molar-refractivity contribution < 1.29 is 9.53 Å². The largest absolute Gasteiger partial charge is 0.382 e. The molecule has 2 nitrogen and oxygen atoms in total. The van der Waals surface area contributed by atoms with Gasteiger partial charge >= 0.3 is 0 Å². The average molecular weight is 285 g/mol. The Balaban J connectivity index is 2.29. The Labute approximate surface area is 105 Å². The van der Waals surface area contributed by atoms with E-state index in [2.05, 4.69) is 15.9 Å². The Kier molecular flexibility index (Phi) is 6.34. The first kappa shape index (κ1) is 13.4. The van der Waals surface area contributed by atoms with Crippen LogP contribution in [0.4, 0.5) is 0 Å². The number of carbonyl (C=O) groups excluding carboxylic acids is 1. The topological polar surface area (TPSA) is 26.3 Å². The third kappa shape index (κ3) is 5.42. The molecule has 1 aromatic carbocycles. The maximum absolute atomic E-state index is 11.6. The summed E-state index contributed by atoms with van der Waals surface area (Å²) in [6, 6.07) is 7.88. The molecule has 3 heteroatoms. The minimum atomic E-state index is 0.276. The summed E-state index contributed by atoms with van der Waals surface area (Å²) >= 11 is 3.39. The van der Waals surface area contributed by atoms with Crippen LogP contribution in [0, 0.1) is 0 Å². The van der Waals surface area contributed by atoms with Crippen LogP contribution in [-0.2, 0) is 16.0 Å². The first-order chi connectivity index (χ1) is 7.72. The number of carbonyl (C=O) groups is 1. The highest BCUT2D eigenvalue weighted by Crippen LogP contribution is 2.12. The number of Topliss-reactive ketones (excluding diaryl/α,β-unsaturated/α-hetero) is 1. The van der Waals surface area contributed by atoms with E-state index < -0.39 is 0 Å². The second-order valence-electron chi connectivity index (χ2n) is 3.65. The average Bonchev–Trinajstić information content (AvgIpc) is 2.24. The van der Waals surface area contributed by atoms with Gasteiger partial charge in [-0.3, -0.25) is 4.79 Å². The van der Waals surface area contributed by atoms with Crippen LogP contribution in [0.3, 0.4) is 0 Å². The Bertz CT molecular complexity index is 336. The molecule has 0 amide bonds. The van der Waals surface area contributed by atoms with Crippen LogP contribution in [0.5, 0.6) is 0 Å². The molecule has 88 valence electrons. The predicted octanol–water partition coefficient (Wildman–Crippen LogP) is 3.38. The normalized spacial score (nSPS) is 10.4. The smallest absolute Gasteiger partial charge is 0.137 e. The molecule has 0 bridgehead atoms. The fourth-order valence-corrected chi connectivity index (χ4v) is 1.93. The van der Waals surface area contributed by atoms with Crippen molar-refractivity contribution in [3.8, 4) is 0 Å². The molecular weight excluding hydrogens is 268 g/mol. The van der Waals surface area contributed by atoms with Gasteiger partial charge in [0.2, 0.25) is 0 Å². The summed E-state index contributed by atoms with van der Waals surface area (Å²) in [4.78, 5) is 11.6. The first-order valence-corrected chi connectivity index (χ1v) is 6.35. The molecule has 0 fully saturated rings. The molecule has 1 rings (SSSR count). The number of rotatable bonds is 7. The van der Waals surface area contributed by atoms with Gasteiger partial charge in [-0.2, -0.15) is 0 Å². The van der Waals surface area contributed by atoms with E-state index in [-0.39, 0.29) is 5.78 Å². The molecule has 0 aliphatic rings. The third-order valence-electron chi connectivity index (χ3n) is 2.24. The zero-order chi connectivity index (χ0) is 11.8. The van der Waals surface area contributed by atoms with Gasteiger partial charge in [0.15, 0.2) is 0 Å². The summed E-state index contributed by atoms with van der Waals surface area (Å²) in [5.41, 5.74) is 1.07. The second kappa shape index (κ2) is 7.58. The van der Waals surface area contributed by atoms with Crippen LogP contribution < -0.4 is 0 Å². The zero-order valence-corrected chi connectivity index (χ0v) is 11.1. The molecule has 1 aromatic rings. The van der Waals surface area contributed by atoms with Crippen LogP contribution in [0.1, 0.15) is 25.3 Å². The molecule has 0 N–H and O–H groups in total. The summed E-state index contributed by atoms with van der Waals surface area (Å²) in [5.74, 6) is 0.276. The van der Waals surface area contributed by atoms with Crippen LogP contribution in [-0.4, -0.2) is 19.0 Å². The Morgan fingerprint density at radius 2 is 2.25 bits per heavy atom. The van der Waals surface area contributed by atoms with Crippen molar-refractivity contribution in [1.82, 2.24) is 0 Å². The molecule has 0 heterocycles. The van der Waals surface area contributed by atoms with Gasteiger partial charge in [-0.05, 0) is 31.0 Å². The summed E-state index contributed by atoms with van der Waals surface area (Å²) in [6.45, 7) is 3.36. The van der Waals surface area contributed by atoms with Gasteiger partial charge < -0.3 is 4.74 Å². The summed E-state index contributed by atoms with van der Waals surface area (Å²) < 4.78 is 6.21. The summed E-state index contributed by atoms with van der Waals surface area (Å²) in [5, 5.41) is 0. The number of benzene rings is 1. The highest BCUT2D eigenvalue weighted by atomic mass is 79.9. The van der Waals surface area contributed by atoms with E-state index in [1.54, 1.807) is 0 Å². The van der Waals surface area contributed by atoms with E-state index in [4.69, 9.17) is 4.74 Å². The number of ketones is 1. The van der Waals surface area contributed by atoms with Crippen LogP contribution in [0.2, 0.25) is 0 Å². The number of ether oxygens (including phenoxy) is 1. The van der Waals surface area contributed by atoms with Crippen molar-refractivity contribution in [3.05, 3.63) is 34.3 Å². The predicted molar refractivity (Wildman–Crippen MR) is 68.6 cm³/mol. The van der Waals surface area contributed by atoms with Gasteiger partial charge in [-0.1, -0.05) is 28.1 Å². The highest BCUT2D eigenvalue weighted by Gasteiger charge is 2.03. The molecule has 0 unspecified atom stereocenters. The van der Waals surface area contributed by atoms with Crippen LogP contribution in [0.15, 0.2) is 28.7 Å². The maximum atomic E-state index is 11.6. The summed E-state index contributed by atoms with van der Waals surface area (Å²) in [7, 11) is 0. The van der Waals surface area contributed by atoms with Gasteiger partial charge in [0, 0.05) is 30.5 Å². The quantitative estimate of drug-likeness (QED) is 0.718. The molecule has 0 aliphatic carbocycles. The Morgan fingerprint density at radius 1 is 1.44 bits per heavy atom. The molecule has 0 aliphatic heterocycles. The lowest BCUT2D eigenvalue weighted by Crippen LogP contribution is -2.04. The minimum Gasteiger partial charge on any atom is -0.382 e. The Morgan fingerprint density at radius 3 is 2.94 bits per heavy atom. The lowest BCUT2D eigenvalue weighted by molar-refractivity contribution is -0.118. The van der Waals surface area contributed by atoms with Gasteiger partial charge in [0.25, 0.3) is 0 Å². The van der Waals surface area contributed by atoms with E-state index in [9.17, 15) is 4.79 Å². The minimum absolute atomic E-state index is 0.276. The van der Waals surface area contributed by atoms with Crippen molar-refractivity contribution >= 4 is 21.7 Å². The van der Waals surface area contributed by atoms with Crippen molar-refractivity contribution in [1.29, 1.82) is 0 Å². The first-order valence-electron chi connectivity index (χ1n) is 5.56. The lowest BCUT2D eigenvalue weighted by Gasteiger charge is -2.02. The van der Waals surface area contributed by atoms with E-state index in [0.717, 1.165) is 23.1 Å². The van der Waals surface area contributed by atoms with Gasteiger partial charge in [-0.15, -0.1) is 0 Å². The molecule has 0 saturated heterocycles. The van der Waals surface area contributed by atoms with Crippen LogP contribution >= 0.6 is 15.9 Å². The molecule has 0 spiro atoms. The summed E-state index contributed by atoms with van der Waals surface area (Å²) in [6.07, 6.45) is 1.94. The van der Waals surface area contributed by atoms with Gasteiger partial charge in [0.1, 0.15) is 5.78 Å². The van der Waals surface area contributed by atoms with Crippen molar-refractivity contribution in [2.45, 2.75) is 26.2 Å². The third-order valence-corrected chi connectivity index (χ3v) is 2.73. The van der Waals surface area contributed by atoms with E-state index in [1.165, 1.54) is 0 Å². The lowest BCUT2D eigenvalue weighted by atomic mass is 10.1. The standard InChI is InChI=1S/C13H17BrO2/c1-2-16-8-4-7-13(15)10-11-5-3-6-12(14)9-11/h3,5-6,9H,2,4,7-8,10H2,1H3. The number of halogens is 1. The van der Waals surface area contributed by atoms with Crippen LogP contribution in [0.25, 0.3) is 0 Å². The molecule has 0 aromatic heterocycles. The molecule has 0 saturated carbocycles. The molecular formula is C13H17BrO2. The van der Waals surface area contributed by atoms with Crippen molar-refractivity contribution in [2.24, 2.45) is 0 Å². The van der Waals surface area contributed by atoms with E-state index in [0.29, 0.717) is 19.4 Å². The van der Waals surface area contributed by atoms with E-state index in [1.807, 2.05) is 31.2 Å². The molecule has 16 heavy (non-hydrogen) atoms. The van der Waals surface area contributed by atoms with Crippen molar-refractivity contribution in [3.63, 3.8) is 0 Å². The SMILES string of the molecule is CCOCCCC(=O)Cc1cccc(Br)c1. The Hall–Kier alpha value is -0.670.